The Morgan fingerprint density at radius 2 is 1.51 bits per heavy atom. The van der Waals surface area contributed by atoms with E-state index in [4.69, 9.17) is 0 Å². The maximum atomic E-state index is 13.0. The summed E-state index contributed by atoms with van der Waals surface area (Å²) in [5.74, 6) is -0.747. The molecule has 37 heavy (non-hydrogen) atoms. The van der Waals surface area contributed by atoms with Gasteiger partial charge in [-0.2, -0.15) is 5.10 Å². The largest absolute Gasteiger partial charge is 0.340 e. The molecule has 1 unspecified atom stereocenters. The second kappa shape index (κ2) is 11.2. The van der Waals surface area contributed by atoms with Gasteiger partial charge in [-0.1, -0.05) is 79.6 Å². The summed E-state index contributed by atoms with van der Waals surface area (Å²) < 4.78 is 2.27. The van der Waals surface area contributed by atoms with Crippen molar-refractivity contribution in [3.8, 4) is 0 Å². The van der Waals surface area contributed by atoms with E-state index in [0.717, 1.165) is 34.3 Å². The zero-order valence-corrected chi connectivity index (χ0v) is 22.1. The van der Waals surface area contributed by atoms with E-state index in [1.54, 1.807) is 18.3 Å². The molecule has 0 aliphatic rings. The monoisotopic (exact) mass is 494 g/mol. The van der Waals surface area contributed by atoms with E-state index in [0.29, 0.717) is 5.56 Å². The van der Waals surface area contributed by atoms with Crippen molar-refractivity contribution in [2.75, 3.05) is 0 Å². The third-order valence-corrected chi connectivity index (χ3v) is 6.66. The van der Waals surface area contributed by atoms with Crippen LogP contribution in [0.2, 0.25) is 0 Å². The number of carbonyl (C=O) groups excluding carboxylic acids is 2. The van der Waals surface area contributed by atoms with Crippen LogP contribution in [0.5, 0.6) is 0 Å². The Kier molecular flexibility index (Phi) is 7.87. The number of hydrogen-bond acceptors (Lipinski definition) is 3. The Bertz CT molecular complexity index is 1430. The molecule has 2 amide bonds. The predicted octanol–water partition coefficient (Wildman–Crippen LogP) is 5.52. The van der Waals surface area contributed by atoms with Gasteiger partial charge in [0.2, 0.25) is 0 Å². The molecule has 1 atom stereocenters. The lowest BCUT2D eigenvalue weighted by atomic mass is 10.0. The second-order valence-corrected chi connectivity index (χ2v) is 9.88. The summed E-state index contributed by atoms with van der Waals surface area (Å²) in [7, 11) is 0. The maximum absolute atomic E-state index is 13.0. The van der Waals surface area contributed by atoms with Crippen LogP contribution in [0.15, 0.2) is 77.9 Å². The summed E-state index contributed by atoms with van der Waals surface area (Å²) in [6, 6.07) is 23.3. The normalized spacial score (nSPS) is 12.3. The number of nitrogens with zero attached hydrogens (tertiary/aromatic N) is 2. The molecule has 1 aromatic heterocycles. The van der Waals surface area contributed by atoms with Crippen molar-refractivity contribution < 1.29 is 9.59 Å². The number of aryl methyl sites for hydroxylation is 2. The number of hydrogen-bond donors (Lipinski definition) is 2. The predicted molar refractivity (Wildman–Crippen MR) is 150 cm³/mol. The minimum atomic E-state index is -0.713. The highest BCUT2D eigenvalue weighted by atomic mass is 16.2. The fourth-order valence-corrected chi connectivity index (χ4v) is 4.39. The van der Waals surface area contributed by atoms with Crippen molar-refractivity contribution in [3.05, 3.63) is 106 Å². The first kappa shape index (κ1) is 25.9. The molecule has 3 aromatic carbocycles. The van der Waals surface area contributed by atoms with Crippen molar-refractivity contribution in [2.45, 2.75) is 47.2 Å². The molecule has 1 heterocycles. The van der Waals surface area contributed by atoms with Gasteiger partial charge in [-0.05, 0) is 50.5 Å². The molecule has 2 N–H and O–H groups in total. The molecule has 4 rings (SSSR count). The second-order valence-electron chi connectivity index (χ2n) is 9.88. The number of rotatable bonds is 8. The molecule has 0 fully saturated rings. The van der Waals surface area contributed by atoms with Crippen LogP contribution in [0.25, 0.3) is 10.9 Å². The quantitative estimate of drug-likeness (QED) is 0.250. The van der Waals surface area contributed by atoms with Crippen LogP contribution in [-0.2, 0) is 11.3 Å². The Morgan fingerprint density at radius 1 is 0.892 bits per heavy atom. The van der Waals surface area contributed by atoms with Crippen molar-refractivity contribution in [1.29, 1.82) is 0 Å². The smallest absolute Gasteiger partial charge is 0.262 e. The van der Waals surface area contributed by atoms with Crippen LogP contribution >= 0.6 is 0 Å². The first-order valence-corrected chi connectivity index (χ1v) is 12.6. The van der Waals surface area contributed by atoms with Gasteiger partial charge in [0.25, 0.3) is 11.8 Å². The number of fused-ring (bicyclic) bond motifs is 1. The van der Waals surface area contributed by atoms with Crippen LogP contribution in [-0.4, -0.2) is 28.6 Å². The molecule has 0 aliphatic carbocycles. The molecule has 6 heteroatoms. The topological polar surface area (TPSA) is 75.5 Å². The van der Waals surface area contributed by atoms with Crippen LogP contribution in [0.3, 0.4) is 0 Å². The van der Waals surface area contributed by atoms with E-state index < -0.39 is 6.04 Å². The Morgan fingerprint density at radius 3 is 2.16 bits per heavy atom. The molecule has 190 valence electrons. The van der Waals surface area contributed by atoms with E-state index >= 15 is 0 Å². The Labute approximate surface area is 218 Å². The van der Waals surface area contributed by atoms with Crippen LogP contribution in [0.1, 0.15) is 52.2 Å². The van der Waals surface area contributed by atoms with Crippen molar-refractivity contribution in [3.63, 3.8) is 0 Å². The minimum Gasteiger partial charge on any atom is -0.340 e. The summed E-state index contributed by atoms with van der Waals surface area (Å²) >= 11 is 0. The Hall–Kier alpha value is -4.19. The van der Waals surface area contributed by atoms with Crippen molar-refractivity contribution in [2.24, 2.45) is 11.0 Å². The fourth-order valence-electron chi connectivity index (χ4n) is 4.39. The number of hydrazone groups is 1. The third-order valence-electron chi connectivity index (χ3n) is 6.66. The number of amides is 2. The minimum absolute atomic E-state index is 0.109. The molecular formula is C31H34N4O2. The molecule has 0 bridgehead atoms. The summed E-state index contributed by atoms with van der Waals surface area (Å²) in [5, 5.41) is 8.21. The first-order valence-electron chi connectivity index (χ1n) is 12.6. The average Bonchev–Trinajstić information content (AvgIpc) is 3.14. The third kappa shape index (κ3) is 5.97. The highest BCUT2D eigenvalue weighted by Crippen LogP contribution is 2.25. The maximum Gasteiger partial charge on any atom is 0.262 e. The molecule has 0 saturated heterocycles. The highest BCUT2D eigenvalue weighted by Gasteiger charge is 2.24. The van der Waals surface area contributed by atoms with Crippen LogP contribution in [0.4, 0.5) is 0 Å². The van der Waals surface area contributed by atoms with Crippen molar-refractivity contribution >= 4 is 28.9 Å². The number of benzene rings is 3. The van der Waals surface area contributed by atoms with Gasteiger partial charge >= 0.3 is 0 Å². The van der Waals surface area contributed by atoms with Crippen molar-refractivity contribution in [1.82, 2.24) is 15.3 Å². The zero-order chi connectivity index (χ0) is 26.5. The molecule has 4 aromatic rings. The van der Waals surface area contributed by atoms with Crippen LogP contribution < -0.4 is 10.7 Å². The lowest BCUT2D eigenvalue weighted by molar-refractivity contribution is -0.123. The molecular weight excluding hydrogens is 460 g/mol. The number of aromatic nitrogens is 1. The van der Waals surface area contributed by atoms with Gasteiger partial charge < -0.3 is 9.88 Å². The lowest BCUT2D eigenvalue weighted by Crippen LogP contribution is -2.48. The molecule has 0 aliphatic heterocycles. The van der Waals surface area contributed by atoms with Gasteiger partial charge in [-0.25, -0.2) is 5.43 Å². The average molecular weight is 495 g/mol. The van der Waals surface area contributed by atoms with E-state index in [1.807, 2.05) is 45.0 Å². The van der Waals surface area contributed by atoms with Gasteiger partial charge in [-0.3, -0.25) is 9.59 Å². The van der Waals surface area contributed by atoms with E-state index in [2.05, 4.69) is 70.7 Å². The standard InChI is InChI=1S/C31H34N4O2/c1-20(2)29(33-30(36)25-16-12-22(4)13-17-25)31(37)34-32-18-27-23(5)35(28-9-7-6-8-26(27)28)19-24-14-10-21(3)11-15-24/h6-18,20,29H,19H2,1-5H3,(H,33,36)(H,34,37). The van der Waals surface area contributed by atoms with E-state index in [1.165, 1.54) is 11.1 Å². The summed E-state index contributed by atoms with van der Waals surface area (Å²) in [6.07, 6.45) is 1.69. The highest BCUT2D eigenvalue weighted by molar-refractivity contribution is 6.02. The Balaban J connectivity index is 1.52. The SMILES string of the molecule is Cc1ccc(Cn2c(C)c(C=NNC(=O)C(NC(=O)c3ccc(C)cc3)C(C)C)c3ccccc32)cc1. The van der Waals surface area contributed by atoms with Gasteiger partial charge in [0.1, 0.15) is 6.04 Å². The fraction of sp³-hybridized carbons (Fsp3) is 0.258. The summed E-state index contributed by atoms with van der Waals surface area (Å²) in [5.41, 5.74) is 9.80. The lowest BCUT2D eigenvalue weighted by Gasteiger charge is -2.20. The van der Waals surface area contributed by atoms with Gasteiger partial charge in [0, 0.05) is 34.3 Å². The molecule has 0 spiro atoms. The molecule has 0 radical (unpaired) electrons. The summed E-state index contributed by atoms with van der Waals surface area (Å²) in [6.45, 7) is 10.6. The summed E-state index contributed by atoms with van der Waals surface area (Å²) in [4.78, 5) is 25.7. The molecule has 0 saturated carbocycles. The first-order chi connectivity index (χ1) is 17.7. The van der Waals surface area contributed by atoms with Gasteiger partial charge in [0.15, 0.2) is 0 Å². The number of nitrogens with one attached hydrogen (secondary N) is 2. The van der Waals surface area contributed by atoms with Gasteiger partial charge in [0.05, 0.1) is 6.21 Å². The number of para-hydroxylation sites is 1. The van der Waals surface area contributed by atoms with Crippen LogP contribution in [0, 0.1) is 26.7 Å². The van der Waals surface area contributed by atoms with Gasteiger partial charge in [-0.15, -0.1) is 0 Å². The molecule has 6 nitrogen and oxygen atoms in total. The van der Waals surface area contributed by atoms with E-state index in [-0.39, 0.29) is 17.7 Å². The number of carbonyl (C=O) groups is 2. The van der Waals surface area contributed by atoms with E-state index in [9.17, 15) is 9.59 Å². The zero-order valence-electron chi connectivity index (χ0n) is 22.1.